The highest BCUT2D eigenvalue weighted by molar-refractivity contribution is 5.82. The molecule has 13 heavy (non-hydrogen) atoms. The van der Waals surface area contributed by atoms with Gasteiger partial charge in [-0.15, -0.1) is 0 Å². The Morgan fingerprint density at radius 1 is 1.69 bits per heavy atom. The van der Waals surface area contributed by atoms with Crippen LogP contribution in [0.2, 0.25) is 0 Å². The van der Waals surface area contributed by atoms with Crippen molar-refractivity contribution in [1.29, 1.82) is 0 Å². The monoisotopic (exact) mass is 186 g/mol. The molecule has 0 radical (unpaired) electrons. The summed E-state index contributed by atoms with van der Waals surface area (Å²) in [5.74, 6) is 0.0514. The normalized spacial score (nSPS) is 24.2. The Balaban J connectivity index is 2.31. The SMILES string of the molecule is CC(C)(O)CNC1CCCNC1=O. The number of piperidine rings is 1. The first kappa shape index (κ1) is 10.5. The molecule has 0 aromatic carbocycles. The van der Waals surface area contributed by atoms with Gasteiger partial charge in [0.05, 0.1) is 11.6 Å². The van der Waals surface area contributed by atoms with Gasteiger partial charge in [0.25, 0.3) is 0 Å². The van der Waals surface area contributed by atoms with Gasteiger partial charge in [-0.05, 0) is 26.7 Å². The molecule has 4 nitrogen and oxygen atoms in total. The number of carbonyl (C=O) groups is 1. The Morgan fingerprint density at radius 3 is 2.92 bits per heavy atom. The number of rotatable bonds is 3. The summed E-state index contributed by atoms with van der Waals surface area (Å²) in [6.45, 7) is 4.67. The molecule has 1 unspecified atom stereocenters. The van der Waals surface area contributed by atoms with Gasteiger partial charge in [0, 0.05) is 13.1 Å². The molecular formula is C9H18N2O2. The maximum Gasteiger partial charge on any atom is 0.237 e. The molecule has 76 valence electrons. The maximum absolute atomic E-state index is 11.3. The number of aliphatic hydroxyl groups is 1. The van der Waals surface area contributed by atoms with E-state index < -0.39 is 5.60 Å². The third-order valence-corrected chi connectivity index (χ3v) is 2.07. The Labute approximate surface area is 78.7 Å². The number of hydrogen-bond donors (Lipinski definition) is 3. The minimum Gasteiger partial charge on any atom is -0.389 e. The topological polar surface area (TPSA) is 61.4 Å². The predicted octanol–water partition coefficient (Wildman–Crippen LogP) is -0.374. The van der Waals surface area contributed by atoms with Gasteiger partial charge in [0.2, 0.25) is 5.91 Å². The van der Waals surface area contributed by atoms with Crippen molar-refractivity contribution in [2.45, 2.75) is 38.3 Å². The summed E-state index contributed by atoms with van der Waals surface area (Å²) in [5, 5.41) is 15.3. The van der Waals surface area contributed by atoms with E-state index in [4.69, 9.17) is 0 Å². The Kier molecular flexibility index (Phi) is 3.27. The quantitative estimate of drug-likeness (QED) is 0.563. The highest BCUT2D eigenvalue weighted by Crippen LogP contribution is 2.05. The minimum absolute atomic E-state index is 0.0514. The highest BCUT2D eigenvalue weighted by Gasteiger charge is 2.23. The average molecular weight is 186 g/mol. The van der Waals surface area contributed by atoms with Crippen molar-refractivity contribution in [3.63, 3.8) is 0 Å². The fraction of sp³-hybridized carbons (Fsp3) is 0.889. The molecule has 0 aromatic heterocycles. The van der Waals surface area contributed by atoms with Crippen LogP contribution in [0.25, 0.3) is 0 Å². The first-order valence-corrected chi connectivity index (χ1v) is 4.72. The van der Waals surface area contributed by atoms with Gasteiger partial charge in [-0.2, -0.15) is 0 Å². The second kappa shape index (κ2) is 4.07. The maximum atomic E-state index is 11.3. The molecule has 0 saturated carbocycles. The Bertz CT molecular complexity index is 187. The average Bonchev–Trinajstić information content (AvgIpc) is 2.01. The Morgan fingerprint density at radius 2 is 2.38 bits per heavy atom. The second-order valence-corrected chi connectivity index (χ2v) is 4.18. The summed E-state index contributed by atoms with van der Waals surface area (Å²) in [5.41, 5.74) is -0.752. The second-order valence-electron chi connectivity index (χ2n) is 4.18. The number of carbonyl (C=O) groups excluding carboxylic acids is 1. The van der Waals surface area contributed by atoms with Crippen LogP contribution < -0.4 is 10.6 Å². The molecule has 1 fully saturated rings. The standard InChI is InChI=1S/C9H18N2O2/c1-9(2,13)6-11-7-4-3-5-10-8(7)12/h7,11,13H,3-6H2,1-2H3,(H,10,12). The van der Waals surface area contributed by atoms with Crippen LogP contribution in [-0.4, -0.2) is 35.7 Å². The van der Waals surface area contributed by atoms with Crippen molar-refractivity contribution in [2.75, 3.05) is 13.1 Å². The fourth-order valence-electron chi connectivity index (χ4n) is 1.34. The summed E-state index contributed by atoms with van der Waals surface area (Å²) in [6.07, 6.45) is 1.87. The summed E-state index contributed by atoms with van der Waals surface area (Å²) in [6, 6.07) is -0.125. The summed E-state index contributed by atoms with van der Waals surface area (Å²) in [4.78, 5) is 11.3. The lowest BCUT2D eigenvalue weighted by molar-refractivity contribution is -0.124. The van der Waals surface area contributed by atoms with Crippen LogP contribution in [0.1, 0.15) is 26.7 Å². The zero-order valence-corrected chi connectivity index (χ0v) is 8.26. The van der Waals surface area contributed by atoms with Crippen molar-refractivity contribution < 1.29 is 9.90 Å². The highest BCUT2D eigenvalue weighted by atomic mass is 16.3. The first-order valence-electron chi connectivity index (χ1n) is 4.72. The van der Waals surface area contributed by atoms with Crippen molar-refractivity contribution in [3.8, 4) is 0 Å². The molecular weight excluding hydrogens is 168 g/mol. The molecule has 4 heteroatoms. The fourth-order valence-corrected chi connectivity index (χ4v) is 1.34. The van der Waals surface area contributed by atoms with Gasteiger partial charge >= 0.3 is 0 Å². The molecule has 1 amide bonds. The van der Waals surface area contributed by atoms with Gasteiger partial charge in [0.1, 0.15) is 0 Å². The lowest BCUT2D eigenvalue weighted by atomic mass is 10.0. The number of nitrogens with one attached hydrogen (secondary N) is 2. The zero-order chi connectivity index (χ0) is 9.90. The van der Waals surface area contributed by atoms with E-state index in [0.717, 1.165) is 19.4 Å². The van der Waals surface area contributed by atoms with Gasteiger partial charge in [-0.1, -0.05) is 0 Å². The summed E-state index contributed by atoms with van der Waals surface area (Å²) < 4.78 is 0. The molecule has 1 heterocycles. The van der Waals surface area contributed by atoms with E-state index in [9.17, 15) is 9.90 Å². The van der Waals surface area contributed by atoms with E-state index in [2.05, 4.69) is 10.6 Å². The van der Waals surface area contributed by atoms with Crippen LogP contribution in [0.3, 0.4) is 0 Å². The summed E-state index contributed by atoms with van der Waals surface area (Å²) >= 11 is 0. The molecule has 1 rings (SSSR count). The lowest BCUT2D eigenvalue weighted by Crippen LogP contribution is -2.51. The van der Waals surface area contributed by atoms with E-state index in [1.807, 2.05) is 0 Å². The first-order chi connectivity index (χ1) is 5.99. The minimum atomic E-state index is -0.752. The molecule has 0 aromatic rings. The van der Waals surface area contributed by atoms with Crippen molar-refractivity contribution in [1.82, 2.24) is 10.6 Å². The van der Waals surface area contributed by atoms with Crippen LogP contribution in [-0.2, 0) is 4.79 Å². The van der Waals surface area contributed by atoms with Crippen molar-refractivity contribution in [2.24, 2.45) is 0 Å². The molecule has 1 saturated heterocycles. The third-order valence-electron chi connectivity index (χ3n) is 2.07. The van der Waals surface area contributed by atoms with Gasteiger partial charge in [0.15, 0.2) is 0 Å². The van der Waals surface area contributed by atoms with Crippen LogP contribution in [0.4, 0.5) is 0 Å². The van der Waals surface area contributed by atoms with E-state index in [0.29, 0.717) is 6.54 Å². The molecule has 1 aliphatic heterocycles. The van der Waals surface area contributed by atoms with Crippen LogP contribution in [0, 0.1) is 0 Å². The van der Waals surface area contributed by atoms with E-state index in [-0.39, 0.29) is 11.9 Å². The lowest BCUT2D eigenvalue weighted by Gasteiger charge is -2.26. The van der Waals surface area contributed by atoms with Crippen LogP contribution in [0.5, 0.6) is 0 Å². The molecule has 0 aliphatic carbocycles. The van der Waals surface area contributed by atoms with Gasteiger partial charge < -0.3 is 15.7 Å². The summed E-state index contributed by atoms with van der Waals surface area (Å²) in [7, 11) is 0. The largest absolute Gasteiger partial charge is 0.389 e. The number of amides is 1. The van der Waals surface area contributed by atoms with Crippen molar-refractivity contribution in [3.05, 3.63) is 0 Å². The molecule has 0 spiro atoms. The van der Waals surface area contributed by atoms with Crippen molar-refractivity contribution >= 4 is 5.91 Å². The molecule has 3 N–H and O–H groups in total. The van der Waals surface area contributed by atoms with Gasteiger partial charge in [-0.25, -0.2) is 0 Å². The van der Waals surface area contributed by atoms with E-state index >= 15 is 0 Å². The van der Waals surface area contributed by atoms with E-state index in [1.54, 1.807) is 13.8 Å². The Hall–Kier alpha value is -0.610. The smallest absolute Gasteiger partial charge is 0.237 e. The predicted molar refractivity (Wildman–Crippen MR) is 50.3 cm³/mol. The van der Waals surface area contributed by atoms with Crippen LogP contribution >= 0.6 is 0 Å². The van der Waals surface area contributed by atoms with E-state index in [1.165, 1.54) is 0 Å². The molecule has 1 aliphatic rings. The third kappa shape index (κ3) is 3.74. The number of hydrogen-bond acceptors (Lipinski definition) is 3. The molecule has 0 bridgehead atoms. The van der Waals surface area contributed by atoms with Crippen LogP contribution in [0.15, 0.2) is 0 Å². The van der Waals surface area contributed by atoms with Gasteiger partial charge in [-0.3, -0.25) is 4.79 Å². The molecule has 1 atom stereocenters. The zero-order valence-electron chi connectivity index (χ0n) is 8.26.